The highest BCUT2D eigenvalue weighted by Gasteiger charge is 2.49. The van der Waals surface area contributed by atoms with Gasteiger partial charge in [-0.1, -0.05) is 127 Å². The van der Waals surface area contributed by atoms with Gasteiger partial charge in [-0.3, -0.25) is 10.1 Å². The number of fused-ring (bicyclic) bond motifs is 9. The van der Waals surface area contributed by atoms with Gasteiger partial charge in [-0.2, -0.15) is 15.3 Å². The fourth-order valence-electron chi connectivity index (χ4n) is 12.7. The topological polar surface area (TPSA) is 155 Å². The van der Waals surface area contributed by atoms with Crippen LogP contribution in [0.4, 0.5) is 5.82 Å². The van der Waals surface area contributed by atoms with Crippen LogP contribution in [-0.4, -0.2) is 66.1 Å². The molecule has 0 spiro atoms. The van der Waals surface area contributed by atoms with Crippen molar-refractivity contribution in [3.63, 3.8) is 0 Å². The van der Waals surface area contributed by atoms with E-state index in [1.165, 1.54) is 0 Å². The van der Waals surface area contributed by atoms with Crippen LogP contribution in [0, 0.1) is 0 Å². The first-order chi connectivity index (χ1) is 40.2. The van der Waals surface area contributed by atoms with Gasteiger partial charge in [-0.05, 0) is 60.0 Å². The summed E-state index contributed by atoms with van der Waals surface area (Å²) >= 11 is 0. The maximum Gasteiger partial charge on any atom is 0.181 e. The number of para-hydroxylation sites is 3. The number of rotatable bonds is 7. The zero-order chi connectivity index (χ0) is 53.1. The Morgan fingerprint density at radius 1 is 0.593 bits per heavy atom. The molecule has 0 saturated carbocycles. The maximum absolute atomic E-state index is 6.93. The van der Waals surface area contributed by atoms with Crippen LogP contribution < -0.4 is 9.64 Å². The third-order valence-electron chi connectivity index (χ3n) is 16.2. The van der Waals surface area contributed by atoms with Gasteiger partial charge in [0.25, 0.3) is 0 Å². The van der Waals surface area contributed by atoms with Gasteiger partial charge in [-0.15, -0.1) is 0 Å². The minimum Gasteiger partial charge on any atom is -0.457 e. The van der Waals surface area contributed by atoms with Crippen LogP contribution >= 0.6 is 0 Å². The van der Waals surface area contributed by atoms with Crippen molar-refractivity contribution in [3.8, 4) is 45.4 Å². The van der Waals surface area contributed by atoms with Crippen LogP contribution in [0.25, 0.3) is 94.2 Å². The number of nitrogens with zero attached hydrogens (tertiary/aromatic N) is 11. The number of benzene rings is 5. The summed E-state index contributed by atoms with van der Waals surface area (Å²) in [4.78, 5) is 35.7. The lowest BCUT2D eigenvalue weighted by Gasteiger charge is -2.47. The molecule has 81 heavy (non-hydrogen) atoms. The van der Waals surface area contributed by atoms with Gasteiger partial charge in [0, 0.05) is 109 Å². The molecule has 382 valence electrons. The molecule has 14 heteroatoms. The van der Waals surface area contributed by atoms with E-state index in [1.807, 2.05) is 42.9 Å². The van der Waals surface area contributed by atoms with Gasteiger partial charge < -0.3 is 23.9 Å². The van der Waals surface area contributed by atoms with E-state index in [0.717, 1.165) is 111 Å². The average Bonchev–Trinajstić information content (AvgIpc) is 4.50. The van der Waals surface area contributed by atoms with Crippen molar-refractivity contribution in [2.24, 2.45) is 0 Å². The van der Waals surface area contributed by atoms with Crippen LogP contribution in [-0.2, 0) is 0 Å². The standard InChI is InChI=1S/C67H43N13O/c1-3-18-41-39(16-1)29-31-68-59(41)58-54(44-23-15-34-78-32-13-11-25-50(44)78)56-55(66-69-37-49-65(74-66)71-38-70-49)57(61-43-20-5-8-24-48(43)75-77-61)60(45-30-35-79-33-14-12-26-51(45)79)73-67(56)80(64(58)62-42-19-4-2-17-40(42)36-72-76-62)63-46-21-6-9-27-52(46)81-53-28-10-7-22-47(53)63/h1-33,35-38,63-64H,34H2,(H,75,77)(H,69,70,71,74). The number of hydrogen-bond acceptors (Lipinski definition) is 11. The Morgan fingerprint density at radius 2 is 1.38 bits per heavy atom. The lowest BCUT2D eigenvalue weighted by Crippen LogP contribution is -2.40. The van der Waals surface area contributed by atoms with Crippen molar-refractivity contribution in [3.05, 3.63) is 265 Å². The van der Waals surface area contributed by atoms with Gasteiger partial charge in [0.15, 0.2) is 11.5 Å². The number of ether oxygens (including phenoxy) is 1. The number of H-pyrrole nitrogens is 2. The molecule has 1 atom stereocenters. The van der Waals surface area contributed by atoms with Crippen molar-refractivity contribution >= 4 is 66.1 Å². The number of aromatic nitrogens is 11. The van der Waals surface area contributed by atoms with Crippen molar-refractivity contribution < 1.29 is 4.74 Å². The third-order valence-corrected chi connectivity index (χ3v) is 16.2. The van der Waals surface area contributed by atoms with Crippen molar-refractivity contribution in [1.29, 1.82) is 0 Å². The molecule has 0 bridgehead atoms. The molecular weight excluding hydrogens is 1000 g/mol. The Bertz CT molecular complexity index is 4900. The van der Waals surface area contributed by atoms with Crippen LogP contribution in [0.1, 0.15) is 40.2 Å². The first kappa shape index (κ1) is 45.0. The second-order valence-electron chi connectivity index (χ2n) is 20.5. The molecule has 13 aromatic rings. The zero-order valence-corrected chi connectivity index (χ0v) is 43.1. The predicted octanol–water partition coefficient (Wildman–Crippen LogP) is 13.9. The lowest BCUT2D eigenvalue weighted by atomic mass is 9.75. The summed E-state index contributed by atoms with van der Waals surface area (Å²) in [5.41, 5.74) is 14.6. The molecule has 0 fully saturated rings. The zero-order valence-electron chi connectivity index (χ0n) is 43.1. The Balaban J connectivity index is 1.17. The molecule has 0 radical (unpaired) electrons. The molecule has 17 rings (SSSR count). The summed E-state index contributed by atoms with van der Waals surface area (Å²) in [5, 5.41) is 23.8. The third kappa shape index (κ3) is 6.80. The molecule has 8 aromatic heterocycles. The lowest BCUT2D eigenvalue weighted by molar-refractivity contribution is 0.436. The summed E-state index contributed by atoms with van der Waals surface area (Å²) in [7, 11) is 0. The SMILES string of the molecule is C1=CC2=C(C3=C(c4nccc5ccccc45)C(c4nncc5ccccc45)N(C4c5ccccc5Oc5ccccc54)c4nc(-c5ccn6ccccc56)c(-c5n[nH]c6ccccc56)c(-c5ncc6[nH]cnc6n5)c43)C=CCN2C=C1. The second kappa shape index (κ2) is 17.7. The van der Waals surface area contributed by atoms with E-state index < -0.39 is 12.1 Å². The van der Waals surface area contributed by atoms with Crippen molar-refractivity contribution in [1.82, 2.24) is 59.6 Å². The normalized spacial score (nSPS) is 15.7. The molecule has 0 amide bonds. The van der Waals surface area contributed by atoms with E-state index in [9.17, 15) is 0 Å². The van der Waals surface area contributed by atoms with Gasteiger partial charge in [0.05, 0.1) is 52.9 Å². The van der Waals surface area contributed by atoms with Crippen LogP contribution in [0.5, 0.6) is 11.5 Å². The molecule has 4 aliphatic rings. The van der Waals surface area contributed by atoms with Gasteiger partial charge in [0.2, 0.25) is 0 Å². The number of hydrogen-bond donors (Lipinski definition) is 2. The van der Waals surface area contributed by atoms with E-state index in [4.69, 9.17) is 45.0 Å². The molecular formula is C67H43N13O. The molecule has 14 nitrogen and oxygen atoms in total. The molecule has 0 aliphatic carbocycles. The fraction of sp³-hybridized carbons (Fsp3) is 0.0448. The monoisotopic (exact) mass is 1050 g/mol. The Morgan fingerprint density at radius 3 is 2.27 bits per heavy atom. The highest BCUT2D eigenvalue weighted by atomic mass is 16.5. The molecule has 1 unspecified atom stereocenters. The Hall–Kier alpha value is -11.1. The van der Waals surface area contributed by atoms with Crippen LogP contribution in [0.2, 0.25) is 0 Å². The van der Waals surface area contributed by atoms with Crippen molar-refractivity contribution in [2.45, 2.75) is 12.1 Å². The second-order valence-corrected chi connectivity index (χ2v) is 20.5. The summed E-state index contributed by atoms with van der Waals surface area (Å²) in [6.45, 7) is 0.664. The smallest absolute Gasteiger partial charge is 0.181 e. The molecule has 0 saturated heterocycles. The van der Waals surface area contributed by atoms with Crippen molar-refractivity contribution in [2.75, 3.05) is 11.4 Å². The van der Waals surface area contributed by atoms with Gasteiger partial charge in [0.1, 0.15) is 34.6 Å². The Labute approximate surface area is 462 Å². The number of nitrogens with one attached hydrogen (secondary N) is 2. The first-order valence-electron chi connectivity index (χ1n) is 26.9. The number of allylic oxidation sites excluding steroid dienone is 6. The minimum atomic E-state index is -0.764. The summed E-state index contributed by atoms with van der Waals surface area (Å²) in [5.74, 6) is 2.53. The minimum absolute atomic E-state index is 0.431. The highest BCUT2D eigenvalue weighted by Crippen LogP contribution is 2.62. The first-order valence-corrected chi connectivity index (χ1v) is 26.9. The van der Waals surface area contributed by atoms with E-state index >= 15 is 0 Å². The largest absolute Gasteiger partial charge is 0.457 e. The number of anilines is 1. The van der Waals surface area contributed by atoms with Gasteiger partial charge >= 0.3 is 0 Å². The average molecular weight is 1050 g/mol. The number of imidazole rings is 1. The fourth-order valence-corrected chi connectivity index (χ4v) is 12.7. The maximum atomic E-state index is 6.93. The van der Waals surface area contributed by atoms with E-state index in [1.54, 1.807) is 6.33 Å². The summed E-state index contributed by atoms with van der Waals surface area (Å²) < 4.78 is 9.07. The van der Waals surface area contributed by atoms with E-state index in [-0.39, 0.29) is 0 Å². The predicted molar refractivity (Wildman–Crippen MR) is 316 cm³/mol. The summed E-state index contributed by atoms with van der Waals surface area (Å²) in [6, 6.07) is 51.0. The molecule has 4 aliphatic heterocycles. The Kier molecular flexibility index (Phi) is 9.83. The quantitative estimate of drug-likeness (QED) is 0.157. The van der Waals surface area contributed by atoms with Crippen LogP contribution in [0.3, 0.4) is 0 Å². The van der Waals surface area contributed by atoms with Crippen LogP contribution in [0.15, 0.2) is 237 Å². The van der Waals surface area contributed by atoms with Gasteiger partial charge in [-0.25, -0.2) is 19.9 Å². The molecule has 12 heterocycles. The number of pyridine rings is 3. The van der Waals surface area contributed by atoms with E-state index in [0.29, 0.717) is 46.3 Å². The molecule has 5 aromatic carbocycles. The highest BCUT2D eigenvalue weighted by molar-refractivity contribution is 6.17. The summed E-state index contributed by atoms with van der Waals surface area (Å²) in [6.07, 6.45) is 24.5. The molecule has 2 N–H and O–H groups in total. The number of aromatic amines is 2. The van der Waals surface area contributed by atoms with E-state index in [2.05, 4.69) is 201 Å².